The molecule has 0 bridgehead atoms. The van der Waals surface area contributed by atoms with Crippen molar-refractivity contribution >= 4 is 6.09 Å². The van der Waals surface area contributed by atoms with Crippen LogP contribution in [-0.4, -0.2) is 38.7 Å². The first-order valence-electron chi connectivity index (χ1n) is 10.7. The molecule has 6 nitrogen and oxygen atoms in total. The van der Waals surface area contributed by atoms with E-state index in [1.54, 1.807) is 0 Å². The van der Waals surface area contributed by atoms with Crippen molar-refractivity contribution in [3.05, 3.63) is 78.2 Å². The van der Waals surface area contributed by atoms with Gasteiger partial charge in [0.15, 0.2) is 0 Å². The summed E-state index contributed by atoms with van der Waals surface area (Å²) in [5.74, 6) is 0.745. The third-order valence-electron chi connectivity index (χ3n) is 5.30. The topological polar surface area (TPSA) is 84.4 Å². The smallest absolute Gasteiger partial charge is 0.407 e. The largest absolute Gasteiger partial charge is 0.465 e. The number of aromatic nitrogens is 2. The molecule has 0 fully saturated rings. The fourth-order valence-electron chi connectivity index (χ4n) is 3.89. The predicted molar refractivity (Wildman–Crippen MR) is 124 cm³/mol. The lowest BCUT2D eigenvalue weighted by atomic mass is 9.84. The molecule has 0 spiro atoms. The van der Waals surface area contributed by atoms with E-state index in [9.17, 15) is 9.90 Å². The lowest BCUT2D eigenvalue weighted by Gasteiger charge is -2.38. The van der Waals surface area contributed by atoms with Gasteiger partial charge in [0.25, 0.3) is 0 Å². The average molecular weight is 421 g/mol. The third-order valence-corrected chi connectivity index (χ3v) is 5.30. The van der Waals surface area contributed by atoms with E-state index < -0.39 is 12.1 Å². The summed E-state index contributed by atoms with van der Waals surface area (Å²) in [6.45, 7) is 7.59. The Balaban J connectivity index is 2.13. The number of benzene rings is 2. The molecule has 0 aliphatic carbocycles. The van der Waals surface area contributed by atoms with Gasteiger partial charge in [-0.1, -0.05) is 81.4 Å². The van der Waals surface area contributed by atoms with E-state index in [0.29, 0.717) is 26.1 Å². The van der Waals surface area contributed by atoms with Gasteiger partial charge in [-0.15, -0.1) is 0 Å². The van der Waals surface area contributed by atoms with E-state index >= 15 is 0 Å². The number of carboxylic acid groups (broad SMARTS) is 1. The van der Waals surface area contributed by atoms with Crippen LogP contribution in [-0.2, 0) is 6.54 Å². The summed E-state index contributed by atoms with van der Waals surface area (Å²) in [7, 11) is 0. The SMILES string of the molecule is CC(C)(C)[C@H](c1nc(-c2ccccc2)cn1Cc1ccccc1)N(CCCN)C(=O)O. The van der Waals surface area contributed by atoms with Crippen LogP contribution >= 0.6 is 0 Å². The van der Waals surface area contributed by atoms with Crippen LogP contribution in [0.3, 0.4) is 0 Å². The molecule has 0 aliphatic heterocycles. The van der Waals surface area contributed by atoms with Crippen molar-refractivity contribution in [1.82, 2.24) is 14.5 Å². The van der Waals surface area contributed by atoms with E-state index in [1.165, 1.54) is 4.90 Å². The Morgan fingerprint density at radius 2 is 1.71 bits per heavy atom. The van der Waals surface area contributed by atoms with Crippen molar-refractivity contribution in [2.45, 2.75) is 39.8 Å². The second-order valence-corrected chi connectivity index (χ2v) is 8.85. The number of nitrogens with two attached hydrogens (primary N) is 1. The lowest BCUT2D eigenvalue weighted by Crippen LogP contribution is -2.42. The first-order chi connectivity index (χ1) is 14.8. The molecule has 6 heteroatoms. The Kier molecular flexibility index (Phi) is 7.13. The standard InChI is InChI=1S/C25H32N4O2/c1-25(2,3)22(29(24(30)31)16-10-15-26)23-27-21(20-13-8-5-9-14-20)18-28(23)17-19-11-6-4-7-12-19/h4-9,11-14,18,22H,10,15-17,26H2,1-3H3,(H,30,31)/t22-/m0/s1. The Morgan fingerprint density at radius 3 is 2.26 bits per heavy atom. The maximum atomic E-state index is 12.3. The zero-order valence-corrected chi connectivity index (χ0v) is 18.5. The molecule has 3 N–H and O–H groups in total. The molecule has 1 aromatic heterocycles. The highest BCUT2D eigenvalue weighted by atomic mass is 16.4. The van der Waals surface area contributed by atoms with E-state index in [1.807, 2.05) is 54.7 Å². The number of hydrogen-bond acceptors (Lipinski definition) is 3. The summed E-state index contributed by atoms with van der Waals surface area (Å²) in [5.41, 5.74) is 8.32. The molecule has 0 unspecified atom stereocenters. The molecule has 3 aromatic rings. The summed E-state index contributed by atoms with van der Waals surface area (Å²) in [5, 5.41) is 10.0. The quantitative estimate of drug-likeness (QED) is 0.536. The number of hydrogen-bond donors (Lipinski definition) is 2. The molecule has 31 heavy (non-hydrogen) atoms. The maximum Gasteiger partial charge on any atom is 0.407 e. The highest BCUT2D eigenvalue weighted by Gasteiger charge is 2.38. The van der Waals surface area contributed by atoms with E-state index in [-0.39, 0.29) is 5.41 Å². The van der Waals surface area contributed by atoms with E-state index in [0.717, 1.165) is 22.6 Å². The van der Waals surface area contributed by atoms with Crippen molar-refractivity contribution in [2.24, 2.45) is 11.1 Å². The minimum atomic E-state index is -0.955. The maximum absolute atomic E-state index is 12.3. The van der Waals surface area contributed by atoms with Gasteiger partial charge in [0.05, 0.1) is 11.7 Å². The van der Waals surface area contributed by atoms with Crippen LogP contribution in [0.5, 0.6) is 0 Å². The van der Waals surface area contributed by atoms with Gasteiger partial charge in [0, 0.05) is 24.8 Å². The molecule has 0 radical (unpaired) electrons. The highest BCUT2D eigenvalue weighted by Crippen LogP contribution is 2.39. The normalized spacial score (nSPS) is 12.5. The van der Waals surface area contributed by atoms with Crippen molar-refractivity contribution in [3.63, 3.8) is 0 Å². The predicted octanol–water partition coefficient (Wildman–Crippen LogP) is 5.01. The lowest BCUT2D eigenvalue weighted by molar-refractivity contribution is 0.0755. The van der Waals surface area contributed by atoms with Crippen LogP contribution < -0.4 is 5.73 Å². The van der Waals surface area contributed by atoms with Gasteiger partial charge in [-0.25, -0.2) is 9.78 Å². The van der Waals surface area contributed by atoms with Gasteiger partial charge in [-0.3, -0.25) is 4.90 Å². The van der Waals surface area contributed by atoms with E-state index in [4.69, 9.17) is 10.7 Å². The molecule has 1 amide bonds. The van der Waals surface area contributed by atoms with Gasteiger partial charge in [0.1, 0.15) is 5.82 Å². The van der Waals surface area contributed by atoms with Gasteiger partial charge in [-0.05, 0) is 23.9 Å². The van der Waals surface area contributed by atoms with Gasteiger partial charge in [0.2, 0.25) is 0 Å². The van der Waals surface area contributed by atoms with Crippen LogP contribution in [0.2, 0.25) is 0 Å². The molecule has 0 aliphatic rings. The summed E-state index contributed by atoms with van der Waals surface area (Å²) in [4.78, 5) is 18.7. The van der Waals surface area contributed by atoms with E-state index in [2.05, 4.69) is 37.5 Å². The minimum absolute atomic E-state index is 0.360. The Hall–Kier alpha value is -3.12. The number of carbonyl (C=O) groups is 1. The van der Waals surface area contributed by atoms with Crippen LogP contribution in [0, 0.1) is 5.41 Å². The number of amides is 1. The first kappa shape index (κ1) is 22.6. The fourth-order valence-corrected chi connectivity index (χ4v) is 3.89. The van der Waals surface area contributed by atoms with Gasteiger partial charge < -0.3 is 15.4 Å². The van der Waals surface area contributed by atoms with Crippen molar-refractivity contribution in [3.8, 4) is 11.3 Å². The van der Waals surface area contributed by atoms with Crippen LogP contribution in [0.25, 0.3) is 11.3 Å². The second-order valence-electron chi connectivity index (χ2n) is 8.85. The Morgan fingerprint density at radius 1 is 1.10 bits per heavy atom. The molecular weight excluding hydrogens is 388 g/mol. The molecular formula is C25H32N4O2. The molecule has 0 saturated heterocycles. The van der Waals surface area contributed by atoms with Crippen molar-refractivity contribution in [2.75, 3.05) is 13.1 Å². The Labute approximate surface area is 184 Å². The average Bonchev–Trinajstić information content (AvgIpc) is 3.14. The summed E-state index contributed by atoms with van der Waals surface area (Å²) < 4.78 is 2.09. The first-order valence-corrected chi connectivity index (χ1v) is 10.7. The molecule has 164 valence electrons. The third kappa shape index (κ3) is 5.52. The van der Waals surface area contributed by atoms with Crippen molar-refractivity contribution < 1.29 is 9.90 Å². The zero-order chi connectivity index (χ0) is 22.4. The number of imidazole rings is 1. The van der Waals surface area contributed by atoms with Gasteiger partial charge >= 0.3 is 6.09 Å². The molecule has 2 aromatic carbocycles. The molecule has 3 rings (SSSR count). The minimum Gasteiger partial charge on any atom is -0.465 e. The zero-order valence-electron chi connectivity index (χ0n) is 18.5. The van der Waals surface area contributed by atoms with Crippen LogP contribution in [0.1, 0.15) is 44.6 Å². The second kappa shape index (κ2) is 9.79. The van der Waals surface area contributed by atoms with Crippen molar-refractivity contribution in [1.29, 1.82) is 0 Å². The van der Waals surface area contributed by atoms with Crippen LogP contribution in [0.15, 0.2) is 66.9 Å². The fraction of sp³-hybridized carbons (Fsp3) is 0.360. The van der Waals surface area contributed by atoms with Gasteiger partial charge in [-0.2, -0.15) is 0 Å². The molecule has 1 atom stereocenters. The monoisotopic (exact) mass is 420 g/mol. The number of nitrogens with zero attached hydrogens (tertiary/aromatic N) is 3. The van der Waals surface area contributed by atoms with Crippen LogP contribution in [0.4, 0.5) is 4.79 Å². The summed E-state index contributed by atoms with van der Waals surface area (Å²) in [6.07, 6.45) is 1.67. The molecule has 1 heterocycles. The Bertz CT molecular complexity index is 978. The molecule has 0 saturated carbocycles. The summed E-state index contributed by atoms with van der Waals surface area (Å²) >= 11 is 0. The highest BCUT2D eigenvalue weighted by molar-refractivity contribution is 5.66. The summed E-state index contributed by atoms with van der Waals surface area (Å²) in [6, 6.07) is 19.7. The number of rotatable bonds is 8.